The third kappa shape index (κ3) is 2.90. The molecule has 5 heteroatoms. The SMILES string of the molecule is Fc1ccc2nc(CCl)n(CCOCC3CC3)c2c1. The summed E-state index contributed by atoms with van der Waals surface area (Å²) in [6.45, 7) is 2.11. The molecule has 1 aliphatic rings. The number of fused-ring (bicyclic) bond motifs is 1. The fraction of sp³-hybridized carbons (Fsp3) is 0.500. The van der Waals surface area contributed by atoms with Gasteiger partial charge in [0.15, 0.2) is 0 Å². The van der Waals surface area contributed by atoms with Crippen LogP contribution in [0.5, 0.6) is 0 Å². The Labute approximate surface area is 116 Å². The monoisotopic (exact) mass is 282 g/mol. The third-order valence-electron chi connectivity index (χ3n) is 3.42. The minimum atomic E-state index is -0.256. The molecule has 1 aromatic carbocycles. The van der Waals surface area contributed by atoms with Crippen LogP contribution in [0.3, 0.4) is 0 Å². The lowest BCUT2D eigenvalue weighted by atomic mass is 10.3. The molecule has 1 saturated carbocycles. The molecule has 0 unspecified atom stereocenters. The topological polar surface area (TPSA) is 27.1 Å². The van der Waals surface area contributed by atoms with Crippen LogP contribution in [0, 0.1) is 11.7 Å². The van der Waals surface area contributed by atoms with Crippen molar-refractivity contribution in [1.29, 1.82) is 0 Å². The molecule has 0 saturated heterocycles. The molecule has 1 aromatic heterocycles. The van der Waals surface area contributed by atoms with Crippen LogP contribution < -0.4 is 0 Å². The number of benzene rings is 1. The van der Waals surface area contributed by atoms with Gasteiger partial charge in [-0.2, -0.15) is 0 Å². The van der Waals surface area contributed by atoms with Crippen molar-refractivity contribution >= 4 is 22.6 Å². The van der Waals surface area contributed by atoms with Crippen LogP contribution in [0.4, 0.5) is 4.39 Å². The molecule has 2 aromatic rings. The van der Waals surface area contributed by atoms with Gasteiger partial charge in [0.05, 0.1) is 23.5 Å². The summed E-state index contributed by atoms with van der Waals surface area (Å²) in [7, 11) is 0. The highest BCUT2D eigenvalue weighted by Gasteiger charge is 2.21. The molecule has 0 bridgehead atoms. The van der Waals surface area contributed by atoms with E-state index in [2.05, 4.69) is 4.98 Å². The summed E-state index contributed by atoms with van der Waals surface area (Å²) in [6, 6.07) is 4.60. The standard InChI is InChI=1S/C14H16ClFN2O/c15-8-14-17-12-4-3-11(16)7-13(12)18(14)5-6-19-9-10-1-2-10/h3-4,7,10H,1-2,5-6,8-9H2. The van der Waals surface area contributed by atoms with E-state index in [4.69, 9.17) is 16.3 Å². The number of nitrogens with zero attached hydrogens (tertiary/aromatic N) is 2. The Kier molecular flexibility index (Phi) is 3.71. The summed E-state index contributed by atoms with van der Waals surface area (Å²) in [6.07, 6.45) is 2.57. The van der Waals surface area contributed by atoms with Crippen molar-refractivity contribution in [3.05, 3.63) is 29.8 Å². The molecule has 102 valence electrons. The zero-order valence-corrected chi connectivity index (χ0v) is 11.4. The molecular formula is C14H16ClFN2O. The minimum Gasteiger partial charge on any atom is -0.379 e. The first-order chi connectivity index (χ1) is 9.28. The summed E-state index contributed by atoms with van der Waals surface area (Å²) in [5.74, 6) is 1.58. The highest BCUT2D eigenvalue weighted by molar-refractivity contribution is 6.16. The van der Waals surface area contributed by atoms with Gasteiger partial charge >= 0.3 is 0 Å². The van der Waals surface area contributed by atoms with Gasteiger partial charge < -0.3 is 9.30 Å². The van der Waals surface area contributed by atoms with Crippen LogP contribution >= 0.6 is 11.6 Å². The Hall–Kier alpha value is -1.13. The van der Waals surface area contributed by atoms with Crippen LogP contribution in [0.2, 0.25) is 0 Å². The maximum absolute atomic E-state index is 13.3. The summed E-state index contributed by atoms with van der Waals surface area (Å²) in [5.41, 5.74) is 1.56. The van der Waals surface area contributed by atoms with Crippen molar-refractivity contribution in [2.24, 2.45) is 5.92 Å². The predicted octanol–water partition coefficient (Wildman–Crippen LogP) is 3.34. The zero-order valence-electron chi connectivity index (χ0n) is 10.6. The van der Waals surface area contributed by atoms with Gasteiger partial charge in [0.2, 0.25) is 0 Å². The molecule has 0 N–H and O–H groups in total. The van der Waals surface area contributed by atoms with Gasteiger partial charge in [0, 0.05) is 13.2 Å². The first-order valence-electron chi connectivity index (χ1n) is 6.56. The van der Waals surface area contributed by atoms with Crippen molar-refractivity contribution in [1.82, 2.24) is 9.55 Å². The number of halogens is 2. The van der Waals surface area contributed by atoms with E-state index in [-0.39, 0.29) is 5.82 Å². The van der Waals surface area contributed by atoms with Crippen LogP contribution in [-0.4, -0.2) is 22.8 Å². The first-order valence-corrected chi connectivity index (χ1v) is 7.10. The van der Waals surface area contributed by atoms with E-state index >= 15 is 0 Å². The second-order valence-electron chi connectivity index (χ2n) is 4.96. The normalized spacial score (nSPS) is 15.3. The van der Waals surface area contributed by atoms with Gasteiger partial charge in [-0.25, -0.2) is 9.37 Å². The number of rotatable bonds is 6. The molecule has 1 heterocycles. The maximum atomic E-state index is 13.3. The fourth-order valence-electron chi connectivity index (χ4n) is 2.19. The molecule has 1 aliphatic carbocycles. The average Bonchev–Trinajstić information content (AvgIpc) is 3.17. The smallest absolute Gasteiger partial charge is 0.125 e. The Balaban J connectivity index is 1.76. The molecular weight excluding hydrogens is 267 g/mol. The van der Waals surface area contributed by atoms with Crippen LogP contribution in [-0.2, 0) is 17.2 Å². The fourth-order valence-corrected chi connectivity index (χ4v) is 2.39. The van der Waals surface area contributed by atoms with E-state index in [1.807, 2.05) is 4.57 Å². The number of imidazole rings is 1. The second kappa shape index (κ2) is 5.47. The van der Waals surface area contributed by atoms with E-state index < -0.39 is 0 Å². The van der Waals surface area contributed by atoms with Crippen molar-refractivity contribution in [3.8, 4) is 0 Å². The molecule has 0 atom stereocenters. The van der Waals surface area contributed by atoms with Gasteiger partial charge in [-0.1, -0.05) is 0 Å². The van der Waals surface area contributed by atoms with Crippen LogP contribution in [0.25, 0.3) is 11.0 Å². The van der Waals surface area contributed by atoms with E-state index in [0.717, 1.165) is 29.4 Å². The van der Waals surface area contributed by atoms with Gasteiger partial charge in [-0.05, 0) is 37.0 Å². The molecule has 0 aliphatic heterocycles. The Morgan fingerprint density at radius 3 is 3.00 bits per heavy atom. The molecule has 1 fully saturated rings. The van der Waals surface area contributed by atoms with Gasteiger partial charge in [0.1, 0.15) is 11.6 Å². The largest absolute Gasteiger partial charge is 0.379 e. The molecule has 0 radical (unpaired) electrons. The lowest BCUT2D eigenvalue weighted by Crippen LogP contribution is -2.10. The van der Waals surface area contributed by atoms with Crippen LogP contribution in [0.1, 0.15) is 18.7 Å². The van der Waals surface area contributed by atoms with Crippen molar-refractivity contribution in [2.45, 2.75) is 25.3 Å². The molecule has 0 amide bonds. The molecule has 3 nitrogen and oxygen atoms in total. The second-order valence-corrected chi connectivity index (χ2v) is 5.23. The zero-order chi connectivity index (χ0) is 13.2. The van der Waals surface area contributed by atoms with Crippen molar-refractivity contribution < 1.29 is 9.13 Å². The lowest BCUT2D eigenvalue weighted by Gasteiger charge is -2.08. The van der Waals surface area contributed by atoms with Crippen molar-refractivity contribution in [2.75, 3.05) is 13.2 Å². The Morgan fingerprint density at radius 1 is 1.42 bits per heavy atom. The average molecular weight is 283 g/mol. The van der Waals surface area contributed by atoms with E-state index in [1.54, 1.807) is 6.07 Å². The van der Waals surface area contributed by atoms with Crippen molar-refractivity contribution in [3.63, 3.8) is 0 Å². The minimum absolute atomic E-state index is 0.256. The molecule has 3 rings (SSSR count). The quantitative estimate of drug-likeness (QED) is 0.600. The van der Waals surface area contributed by atoms with Gasteiger partial charge in [-0.15, -0.1) is 11.6 Å². The van der Waals surface area contributed by atoms with Crippen LogP contribution in [0.15, 0.2) is 18.2 Å². The Morgan fingerprint density at radius 2 is 2.26 bits per heavy atom. The summed E-state index contributed by atoms with van der Waals surface area (Å²) >= 11 is 5.90. The predicted molar refractivity (Wildman–Crippen MR) is 72.8 cm³/mol. The summed E-state index contributed by atoms with van der Waals surface area (Å²) in [5, 5.41) is 0. The highest BCUT2D eigenvalue weighted by atomic mass is 35.5. The van der Waals surface area contributed by atoms with E-state index in [1.165, 1.54) is 25.0 Å². The number of hydrogen-bond acceptors (Lipinski definition) is 2. The highest BCUT2D eigenvalue weighted by Crippen LogP contribution is 2.28. The number of aromatic nitrogens is 2. The van der Waals surface area contributed by atoms with Gasteiger partial charge in [0.25, 0.3) is 0 Å². The molecule has 19 heavy (non-hydrogen) atoms. The third-order valence-corrected chi connectivity index (χ3v) is 3.66. The number of hydrogen-bond donors (Lipinski definition) is 0. The lowest BCUT2D eigenvalue weighted by molar-refractivity contribution is 0.117. The summed E-state index contributed by atoms with van der Waals surface area (Å²) < 4.78 is 20.9. The maximum Gasteiger partial charge on any atom is 0.125 e. The Bertz CT molecular complexity index is 580. The van der Waals surface area contributed by atoms with E-state index in [0.29, 0.717) is 19.0 Å². The number of ether oxygens (including phenoxy) is 1. The van der Waals surface area contributed by atoms with E-state index in [9.17, 15) is 4.39 Å². The number of alkyl halides is 1. The molecule has 0 spiro atoms. The first kappa shape index (κ1) is 12.9. The summed E-state index contributed by atoms with van der Waals surface area (Å²) in [4.78, 5) is 4.41. The van der Waals surface area contributed by atoms with Gasteiger partial charge in [-0.3, -0.25) is 0 Å².